The van der Waals surface area contributed by atoms with E-state index < -0.39 is 0 Å². The van der Waals surface area contributed by atoms with Crippen molar-refractivity contribution in [2.24, 2.45) is 0 Å². The molecule has 0 atom stereocenters. The van der Waals surface area contributed by atoms with Crippen molar-refractivity contribution < 1.29 is 4.42 Å². The van der Waals surface area contributed by atoms with Gasteiger partial charge in [0.2, 0.25) is 11.8 Å². The van der Waals surface area contributed by atoms with E-state index in [1.165, 1.54) is 11.1 Å². The molecule has 0 aliphatic rings. The highest BCUT2D eigenvalue weighted by Gasteiger charge is 2.13. The first-order valence-electron chi connectivity index (χ1n) is 7.94. The van der Waals surface area contributed by atoms with E-state index in [2.05, 4.69) is 68.1 Å². The maximum Gasteiger partial charge on any atom is 0.247 e. The third-order valence-electron chi connectivity index (χ3n) is 3.74. The first-order valence-corrected chi connectivity index (χ1v) is 8.73. The van der Waals surface area contributed by atoms with Gasteiger partial charge in [-0.3, -0.25) is 4.90 Å². The zero-order valence-electron chi connectivity index (χ0n) is 13.9. The first-order chi connectivity index (χ1) is 12.1. The van der Waals surface area contributed by atoms with E-state index in [4.69, 9.17) is 10.8 Å². The number of aryl methyl sites for hydroxylation is 1. The smallest absolute Gasteiger partial charge is 0.247 e. The molecule has 0 N–H and O–H groups in total. The van der Waals surface area contributed by atoms with Gasteiger partial charge >= 0.3 is 0 Å². The standard InChI is InChI=1S/C20H18BrN3O/c1-3-11-24(13-16-9-7-15(2)8-10-16)14-19-22-23-20(25-19)17-5-4-6-18(21)12-17/h1,4-10,12H,11,13-14H2,2H3. The van der Waals surface area contributed by atoms with Crippen LogP contribution in [0.5, 0.6) is 0 Å². The summed E-state index contributed by atoms with van der Waals surface area (Å²) in [4.78, 5) is 2.10. The molecule has 3 rings (SSSR count). The van der Waals surface area contributed by atoms with Crippen LogP contribution in [0.4, 0.5) is 0 Å². The minimum absolute atomic E-state index is 0.507. The Bertz CT molecular complexity index is 880. The van der Waals surface area contributed by atoms with Crippen molar-refractivity contribution in [1.82, 2.24) is 15.1 Å². The summed E-state index contributed by atoms with van der Waals surface area (Å²) < 4.78 is 6.78. The van der Waals surface area contributed by atoms with Gasteiger partial charge in [0.25, 0.3) is 0 Å². The van der Waals surface area contributed by atoms with Crippen LogP contribution in [0, 0.1) is 19.3 Å². The van der Waals surface area contributed by atoms with Crippen molar-refractivity contribution in [1.29, 1.82) is 0 Å². The fraction of sp³-hybridized carbons (Fsp3) is 0.200. The summed E-state index contributed by atoms with van der Waals surface area (Å²) in [6.45, 7) is 3.84. The Morgan fingerprint density at radius 1 is 1.12 bits per heavy atom. The van der Waals surface area contributed by atoms with Crippen LogP contribution in [-0.2, 0) is 13.1 Å². The minimum atomic E-state index is 0.507. The van der Waals surface area contributed by atoms with E-state index in [0.29, 0.717) is 24.9 Å². The van der Waals surface area contributed by atoms with Crippen molar-refractivity contribution >= 4 is 15.9 Å². The van der Waals surface area contributed by atoms with Crippen LogP contribution in [0.3, 0.4) is 0 Å². The third-order valence-corrected chi connectivity index (χ3v) is 4.23. The van der Waals surface area contributed by atoms with Crippen LogP contribution in [0.1, 0.15) is 17.0 Å². The van der Waals surface area contributed by atoms with Gasteiger partial charge in [0.15, 0.2) is 0 Å². The largest absolute Gasteiger partial charge is 0.419 e. The van der Waals surface area contributed by atoms with E-state index >= 15 is 0 Å². The molecule has 2 aromatic carbocycles. The molecule has 4 nitrogen and oxygen atoms in total. The molecular formula is C20H18BrN3O. The van der Waals surface area contributed by atoms with Crippen LogP contribution in [0.15, 0.2) is 57.4 Å². The van der Waals surface area contributed by atoms with E-state index in [1.807, 2.05) is 24.3 Å². The number of aromatic nitrogens is 2. The van der Waals surface area contributed by atoms with Crippen LogP contribution in [0.2, 0.25) is 0 Å². The predicted molar refractivity (Wildman–Crippen MR) is 102 cm³/mol. The predicted octanol–water partition coefficient (Wildman–Crippen LogP) is 4.44. The lowest BCUT2D eigenvalue weighted by molar-refractivity contribution is 0.259. The molecule has 126 valence electrons. The van der Waals surface area contributed by atoms with E-state index in [0.717, 1.165) is 16.6 Å². The van der Waals surface area contributed by atoms with Crippen molar-refractivity contribution in [2.75, 3.05) is 6.54 Å². The van der Waals surface area contributed by atoms with Gasteiger partial charge in [-0.05, 0) is 30.7 Å². The molecule has 1 heterocycles. The number of hydrogen-bond acceptors (Lipinski definition) is 4. The molecule has 0 aliphatic carbocycles. The van der Waals surface area contributed by atoms with Crippen molar-refractivity contribution in [3.8, 4) is 23.8 Å². The molecule has 0 fully saturated rings. The quantitative estimate of drug-likeness (QED) is 0.578. The maximum atomic E-state index is 5.81. The Morgan fingerprint density at radius 3 is 2.64 bits per heavy atom. The highest BCUT2D eigenvalue weighted by atomic mass is 79.9. The second-order valence-electron chi connectivity index (χ2n) is 5.85. The summed E-state index contributed by atoms with van der Waals surface area (Å²) >= 11 is 3.45. The average molecular weight is 396 g/mol. The lowest BCUT2D eigenvalue weighted by Gasteiger charge is -2.17. The molecule has 0 amide bonds. The lowest BCUT2D eigenvalue weighted by Crippen LogP contribution is -2.23. The molecule has 1 aromatic heterocycles. The second-order valence-corrected chi connectivity index (χ2v) is 6.76. The maximum absolute atomic E-state index is 5.81. The number of terminal acetylenes is 1. The van der Waals surface area contributed by atoms with E-state index in [-0.39, 0.29) is 0 Å². The van der Waals surface area contributed by atoms with Gasteiger partial charge in [-0.15, -0.1) is 16.6 Å². The molecule has 25 heavy (non-hydrogen) atoms. The number of hydrogen-bond donors (Lipinski definition) is 0. The molecule has 5 heteroatoms. The SMILES string of the molecule is C#CCN(Cc1ccc(C)cc1)Cc1nnc(-c2cccc(Br)c2)o1. The fourth-order valence-corrected chi connectivity index (χ4v) is 2.89. The summed E-state index contributed by atoms with van der Waals surface area (Å²) in [6, 6.07) is 16.2. The Kier molecular flexibility index (Phi) is 5.64. The Labute approximate surface area is 156 Å². The minimum Gasteiger partial charge on any atom is -0.419 e. The Morgan fingerprint density at radius 2 is 1.92 bits per heavy atom. The van der Waals surface area contributed by atoms with Gasteiger partial charge in [0.05, 0.1) is 13.1 Å². The molecule has 0 spiro atoms. The molecule has 0 saturated heterocycles. The monoisotopic (exact) mass is 395 g/mol. The lowest BCUT2D eigenvalue weighted by atomic mass is 10.1. The van der Waals surface area contributed by atoms with Crippen LogP contribution in [0.25, 0.3) is 11.5 Å². The second kappa shape index (κ2) is 8.11. The normalized spacial score (nSPS) is 10.8. The molecular weight excluding hydrogens is 378 g/mol. The summed E-state index contributed by atoms with van der Waals surface area (Å²) in [5.41, 5.74) is 3.32. The van der Waals surface area contributed by atoms with Gasteiger partial charge in [-0.25, -0.2) is 0 Å². The summed E-state index contributed by atoms with van der Waals surface area (Å²) in [6.07, 6.45) is 5.51. The zero-order valence-corrected chi connectivity index (χ0v) is 15.5. The Balaban J connectivity index is 1.72. The van der Waals surface area contributed by atoms with Crippen LogP contribution >= 0.6 is 15.9 Å². The van der Waals surface area contributed by atoms with Gasteiger partial charge in [0, 0.05) is 16.6 Å². The number of benzene rings is 2. The molecule has 0 radical (unpaired) electrons. The highest BCUT2D eigenvalue weighted by molar-refractivity contribution is 9.10. The van der Waals surface area contributed by atoms with Gasteiger partial charge in [-0.1, -0.05) is 57.7 Å². The molecule has 3 aromatic rings. The van der Waals surface area contributed by atoms with Gasteiger partial charge < -0.3 is 4.42 Å². The fourth-order valence-electron chi connectivity index (χ4n) is 2.50. The van der Waals surface area contributed by atoms with Gasteiger partial charge in [0.1, 0.15) is 0 Å². The Hall–Kier alpha value is -2.42. The number of rotatable bonds is 6. The third kappa shape index (κ3) is 4.79. The molecule has 0 saturated carbocycles. The van der Waals surface area contributed by atoms with E-state index in [9.17, 15) is 0 Å². The highest BCUT2D eigenvalue weighted by Crippen LogP contribution is 2.22. The average Bonchev–Trinajstić information content (AvgIpc) is 3.06. The summed E-state index contributed by atoms with van der Waals surface area (Å²) in [7, 11) is 0. The van der Waals surface area contributed by atoms with E-state index in [1.54, 1.807) is 0 Å². The van der Waals surface area contributed by atoms with Crippen molar-refractivity contribution in [3.63, 3.8) is 0 Å². The summed E-state index contributed by atoms with van der Waals surface area (Å²) in [5.74, 6) is 3.76. The van der Waals surface area contributed by atoms with Crippen LogP contribution in [-0.4, -0.2) is 21.6 Å². The number of nitrogens with zero attached hydrogens (tertiary/aromatic N) is 3. The van der Waals surface area contributed by atoms with Gasteiger partial charge in [-0.2, -0.15) is 0 Å². The zero-order chi connectivity index (χ0) is 17.6. The molecule has 0 bridgehead atoms. The first kappa shape index (κ1) is 17.4. The van der Waals surface area contributed by atoms with Crippen molar-refractivity contribution in [2.45, 2.75) is 20.0 Å². The summed E-state index contributed by atoms with van der Waals surface area (Å²) in [5, 5.41) is 8.30. The molecule has 0 aliphatic heterocycles. The van der Waals surface area contributed by atoms with Crippen LogP contribution < -0.4 is 0 Å². The number of halogens is 1. The molecule has 0 unspecified atom stereocenters. The van der Waals surface area contributed by atoms with Crippen molar-refractivity contribution in [3.05, 3.63) is 70.0 Å². The topological polar surface area (TPSA) is 42.2 Å².